The van der Waals surface area contributed by atoms with Crippen molar-refractivity contribution < 1.29 is 8.42 Å². The van der Waals surface area contributed by atoms with Gasteiger partial charge in [-0.15, -0.1) is 0 Å². The summed E-state index contributed by atoms with van der Waals surface area (Å²) >= 11 is 5.61. The predicted molar refractivity (Wildman–Crippen MR) is 68.7 cm³/mol. The van der Waals surface area contributed by atoms with Crippen molar-refractivity contribution in [3.63, 3.8) is 0 Å². The van der Waals surface area contributed by atoms with E-state index in [1.54, 1.807) is 0 Å². The Bertz CT molecular complexity index is 641. The van der Waals surface area contributed by atoms with Crippen molar-refractivity contribution in [3.8, 4) is 0 Å². The standard InChI is InChI=1S/C10H9ClN4O2S/c11-9-3-1-7(5-13-9)15-18(16,17)8-2-4-10(12)14-6-8/h1-6,15H,(H2,12,14). The summed E-state index contributed by atoms with van der Waals surface area (Å²) in [6.07, 6.45) is 2.51. The molecule has 0 fully saturated rings. The zero-order chi connectivity index (χ0) is 13.2. The molecule has 18 heavy (non-hydrogen) atoms. The third-order valence-electron chi connectivity index (χ3n) is 2.05. The molecule has 0 radical (unpaired) electrons. The molecule has 0 bridgehead atoms. The van der Waals surface area contributed by atoms with Crippen molar-refractivity contribution in [1.82, 2.24) is 9.97 Å². The molecule has 3 N–H and O–H groups in total. The molecule has 0 spiro atoms. The highest BCUT2D eigenvalue weighted by Crippen LogP contribution is 2.16. The highest BCUT2D eigenvalue weighted by Gasteiger charge is 2.14. The molecule has 2 rings (SSSR count). The van der Waals surface area contributed by atoms with Crippen molar-refractivity contribution in [3.05, 3.63) is 41.8 Å². The van der Waals surface area contributed by atoms with Gasteiger partial charge in [-0.05, 0) is 24.3 Å². The molecular formula is C10H9ClN4O2S. The van der Waals surface area contributed by atoms with Gasteiger partial charge in [-0.2, -0.15) is 0 Å². The Hall–Kier alpha value is -1.86. The molecule has 8 heteroatoms. The van der Waals surface area contributed by atoms with E-state index < -0.39 is 10.0 Å². The number of aromatic nitrogens is 2. The van der Waals surface area contributed by atoms with Gasteiger partial charge in [0.15, 0.2) is 0 Å². The van der Waals surface area contributed by atoms with Crippen molar-refractivity contribution in [2.45, 2.75) is 4.90 Å². The predicted octanol–water partition coefficient (Wildman–Crippen LogP) is 1.51. The van der Waals surface area contributed by atoms with E-state index in [2.05, 4.69) is 14.7 Å². The summed E-state index contributed by atoms with van der Waals surface area (Å²) in [7, 11) is -3.69. The van der Waals surface area contributed by atoms with E-state index in [0.717, 1.165) is 0 Å². The van der Waals surface area contributed by atoms with Gasteiger partial charge >= 0.3 is 0 Å². The fourth-order valence-corrected chi connectivity index (χ4v) is 2.30. The fraction of sp³-hybridized carbons (Fsp3) is 0. The first-order valence-corrected chi connectivity index (χ1v) is 6.69. The van der Waals surface area contributed by atoms with Crippen molar-refractivity contribution in [2.75, 3.05) is 10.5 Å². The Morgan fingerprint density at radius 1 is 1.11 bits per heavy atom. The summed E-state index contributed by atoms with van der Waals surface area (Å²) in [5, 5.41) is 0.284. The van der Waals surface area contributed by atoms with Crippen molar-refractivity contribution in [1.29, 1.82) is 0 Å². The lowest BCUT2D eigenvalue weighted by atomic mass is 10.4. The highest BCUT2D eigenvalue weighted by molar-refractivity contribution is 7.92. The summed E-state index contributed by atoms with van der Waals surface area (Å²) in [6.45, 7) is 0. The van der Waals surface area contributed by atoms with Crippen LogP contribution in [0.1, 0.15) is 0 Å². The van der Waals surface area contributed by atoms with Gasteiger partial charge in [0, 0.05) is 6.20 Å². The lowest BCUT2D eigenvalue weighted by molar-refractivity contribution is 0.601. The number of rotatable bonds is 3. The first kappa shape index (κ1) is 12.6. The first-order valence-electron chi connectivity index (χ1n) is 4.83. The quantitative estimate of drug-likeness (QED) is 0.833. The average Bonchev–Trinajstić information content (AvgIpc) is 2.32. The molecule has 2 aromatic rings. The summed E-state index contributed by atoms with van der Waals surface area (Å²) in [5.74, 6) is 0.252. The minimum Gasteiger partial charge on any atom is -0.384 e. The van der Waals surface area contributed by atoms with E-state index in [0.29, 0.717) is 5.69 Å². The maximum atomic E-state index is 11.9. The second kappa shape index (κ2) is 4.79. The van der Waals surface area contributed by atoms with Gasteiger partial charge in [0.1, 0.15) is 15.9 Å². The van der Waals surface area contributed by atoms with Crippen LogP contribution in [0.2, 0.25) is 5.15 Å². The molecule has 94 valence electrons. The molecule has 0 saturated heterocycles. The van der Waals surface area contributed by atoms with Crippen LogP contribution in [-0.2, 0) is 10.0 Å². The third-order valence-corrected chi connectivity index (χ3v) is 3.64. The van der Waals surface area contributed by atoms with Crippen LogP contribution in [-0.4, -0.2) is 18.4 Å². The monoisotopic (exact) mass is 284 g/mol. The van der Waals surface area contributed by atoms with Gasteiger partial charge in [-0.25, -0.2) is 18.4 Å². The van der Waals surface area contributed by atoms with E-state index in [9.17, 15) is 8.42 Å². The van der Waals surface area contributed by atoms with Gasteiger partial charge in [0.25, 0.3) is 10.0 Å². The van der Waals surface area contributed by atoms with Gasteiger partial charge in [0.05, 0.1) is 11.9 Å². The Labute approximate surface area is 109 Å². The SMILES string of the molecule is Nc1ccc(S(=O)(=O)Nc2ccc(Cl)nc2)cn1. The molecule has 0 atom stereocenters. The number of nitrogens with two attached hydrogens (primary N) is 1. The number of pyridine rings is 2. The van der Waals surface area contributed by atoms with E-state index in [1.807, 2.05) is 0 Å². The maximum absolute atomic E-state index is 11.9. The van der Waals surface area contributed by atoms with Crippen molar-refractivity contribution in [2.24, 2.45) is 0 Å². The minimum atomic E-state index is -3.69. The number of sulfonamides is 1. The molecule has 0 aliphatic rings. The smallest absolute Gasteiger partial charge is 0.263 e. The molecule has 0 aliphatic carbocycles. The van der Waals surface area contributed by atoms with E-state index in [1.165, 1.54) is 36.7 Å². The molecule has 6 nitrogen and oxygen atoms in total. The van der Waals surface area contributed by atoms with Gasteiger partial charge < -0.3 is 5.73 Å². The number of nitrogen functional groups attached to an aromatic ring is 1. The lowest BCUT2D eigenvalue weighted by Crippen LogP contribution is -2.13. The Kier molecular flexibility index (Phi) is 3.35. The molecule has 2 heterocycles. The van der Waals surface area contributed by atoms with E-state index in [-0.39, 0.29) is 15.9 Å². The molecular weight excluding hydrogens is 276 g/mol. The zero-order valence-electron chi connectivity index (χ0n) is 9.04. The number of nitrogens with zero attached hydrogens (tertiary/aromatic N) is 2. The fourth-order valence-electron chi connectivity index (χ4n) is 1.20. The third kappa shape index (κ3) is 2.88. The van der Waals surface area contributed by atoms with Crippen LogP contribution < -0.4 is 10.5 Å². The molecule has 0 aliphatic heterocycles. The van der Waals surface area contributed by atoms with Crippen LogP contribution in [0.25, 0.3) is 0 Å². The Balaban J connectivity index is 2.27. The normalized spacial score (nSPS) is 11.2. The first-order chi connectivity index (χ1) is 8.47. The Morgan fingerprint density at radius 2 is 1.89 bits per heavy atom. The zero-order valence-corrected chi connectivity index (χ0v) is 10.6. The van der Waals surface area contributed by atoms with Gasteiger partial charge in [-0.1, -0.05) is 11.6 Å². The highest BCUT2D eigenvalue weighted by atomic mass is 35.5. The summed E-state index contributed by atoms with van der Waals surface area (Å²) < 4.78 is 26.2. The second-order valence-electron chi connectivity index (χ2n) is 3.39. The Morgan fingerprint density at radius 3 is 2.44 bits per heavy atom. The number of halogens is 1. The maximum Gasteiger partial charge on any atom is 0.263 e. The summed E-state index contributed by atoms with van der Waals surface area (Å²) in [4.78, 5) is 7.52. The van der Waals surface area contributed by atoms with Crippen LogP contribution in [0.3, 0.4) is 0 Å². The van der Waals surface area contributed by atoms with Crippen LogP contribution >= 0.6 is 11.6 Å². The van der Waals surface area contributed by atoms with E-state index in [4.69, 9.17) is 17.3 Å². The van der Waals surface area contributed by atoms with Crippen LogP contribution in [0, 0.1) is 0 Å². The largest absolute Gasteiger partial charge is 0.384 e. The molecule has 0 saturated carbocycles. The minimum absolute atomic E-state index is 0.0200. The van der Waals surface area contributed by atoms with Gasteiger partial charge in [-0.3, -0.25) is 4.72 Å². The number of hydrogen-bond acceptors (Lipinski definition) is 5. The second-order valence-corrected chi connectivity index (χ2v) is 5.46. The molecule has 0 aromatic carbocycles. The number of nitrogens with one attached hydrogen (secondary N) is 1. The molecule has 0 amide bonds. The number of hydrogen-bond donors (Lipinski definition) is 2. The molecule has 0 unspecified atom stereocenters. The van der Waals surface area contributed by atoms with Crippen LogP contribution in [0.15, 0.2) is 41.6 Å². The summed E-state index contributed by atoms with van der Waals surface area (Å²) in [6, 6.07) is 5.78. The lowest BCUT2D eigenvalue weighted by Gasteiger charge is -2.07. The van der Waals surface area contributed by atoms with E-state index >= 15 is 0 Å². The average molecular weight is 285 g/mol. The topological polar surface area (TPSA) is 98.0 Å². The van der Waals surface area contributed by atoms with Crippen molar-refractivity contribution >= 4 is 33.1 Å². The van der Waals surface area contributed by atoms with Crippen LogP contribution in [0.4, 0.5) is 11.5 Å². The molecule has 2 aromatic heterocycles. The summed E-state index contributed by atoms with van der Waals surface area (Å²) in [5.41, 5.74) is 5.70. The van der Waals surface area contributed by atoms with Crippen LogP contribution in [0.5, 0.6) is 0 Å². The number of anilines is 2. The van der Waals surface area contributed by atoms with Gasteiger partial charge in [0.2, 0.25) is 0 Å².